The van der Waals surface area contributed by atoms with Crippen LogP contribution in [-0.4, -0.2) is 35.2 Å². The van der Waals surface area contributed by atoms with Crippen molar-refractivity contribution in [2.45, 2.75) is 97.7 Å². The summed E-state index contributed by atoms with van der Waals surface area (Å²) in [7, 11) is 0. The van der Waals surface area contributed by atoms with Crippen LogP contribution in [0.5, 0.6) is 0 Å². The van der Waals surface area contributed by atoms with Crippen molar-refractivity contribution in [2.24, 2.45) is 5.92 Å². The molecule has 2 heterocycles. The van der Waals surface area contributed by atoms with Gasteiger partial charge in [-0.25, -0.2) is 0 Å². The summed E-state index contributed by atoms with van der Waals surface area (Å²) in [6.45, 7) is 15.4. The lowest BCUT2D eigenvalue weighted by Gasteiger charge is -2.32. The molecule has 3 heteroatoms. The van der Waals surface area contributed by atoms with Crippen LogP contribution in [0.4, 0.5) is 0 Å². The number of Topliss-reactive ketones (excluding diaryl/α,β-unsaturated/α-hetero) is 1. The number of hydrogen-bond acceptors (Lipinski definition) is 3. The molecule has 3 aromatic rings. The SMILES string of the molecule is Cc1ccccc1CN1CCCc2ccc(C(=O)CCCC3CCN(Cc4ccc(C(C)(C)C)cc4)CC3)cc2C1. The number of ketones is 1. The number of hydrogen-bond donors (Lipinski definition) is 0. The van der Waals surface area contributed by atoms with Crippen LogP contribution in [-0.2, 0) is 31.5 Å². The highest BCUT2D eigenvalue weighted by Crippen LogP contribution is 2.27. The Morgan fingerprint density at radius 1 is 0.854 bits per heavy atom. The van der Waals surface area contributed by atoms with Gasteiger partial charge in [-0.05, 0) is 116 Å². The second-order valence-corrected chi connectivity index (χ2v) is 13.7. The lowest BCUT2D eigenvalue weighted by molar-refractivity contribution is 0.0973. The van der Waals surface area contributed by atoms with Gasteiger partial charge in [-0.3, -0.25) is 14.6 Å². The van der Waals surface area contributed by atoms with E-state index in [4.69, 9.17) is 0 Å². The van der Waals surface area contributed by atoms with Crippen LogP contribution in [0, 0.1) is 12.8 Å². The van der Waals surface area contributed by atoms with Crippen LogP contribution in [0.25, 0.3) is 0 Å². The largest absolute Gasteiger partial charge is 0.299 e. The van der Waals surface area contributed by atoms with E-state index in [0.717, 1.165) is 50.5 Å². The third-order valence-corrected chi connectivity index (χ3v) is 9.45. The predicted octanol–water partition coefficient (Wildman–Crippen LogP) is 8.51. The average molecular weight is 551 g/mol. The first kappa shape index (κ1) is 29.7. The van der Waals surface area contributed by atoms with Crippen molar-refractivity contribution in [1.29, 1.82) is 0 Å². The van der Waals surface area contributed by atoms with Gasteiger partial charge in [0.15, 0.2) is 5.78 Å². The van der Waals surface area contributed by atoms with Crippen LogP contribution in [0.15, 0.2) is 66.7 Å². The summed E-state index contributed by atoms with van der Waals surface area (Å²) < 4.78 is 0. The molecule has 1 fully saturated rings. The van der Waals surface area contributed by atoms with Gasteiger partial charge in [-0.1, -0.05) is 81.4 Å². The number of aryl methyl sites for hydroxylation is 2. The van der Waals surface area contributed by atoms with Gasteiger partial charge in [0.2, 0.25) is 0 Å². The number of carbonyl (C=O) groups is 1. The molecule has 2 aliphatic heterocycles. The number of likely N-dealkylation sites (tertiary alicyclic amines) is 1. The number of benzene rings is 3. The fourth-order valence-corrected chi connectivity index (χ4v) is 6.66. The van der Waals surface area contributed by atoms with Crippen LogP contribution < -0.4 is 0 Å². The number of carbonyl (C=O) groups excluding carboxylic acids is 1. The molecule has 3 aromatic carbocycles. The van der Waals surface area contributed by atoms with Gasteiger partial charge in [0.1, 0.15) is 0 Å². The highest BCUT2D eigenvalue weighted by atomic mass is 16.1. The Hall–Kier alpha value is -2.75. The summed E-state index contributed by atoms with van der Waals surface area (Å²) >= 11 is 0. The summed E-state index contributed by atoms with van der Waals surface area (Å²) in [5, 5.41) is 0. The molecule has 2 aliphatic rings. The van der Waals surface area contributed by atoms with E-state index >= 15 is 0 Å². The minimum absolute atomic E-state index is 0.209. The smallest absolute Gasteiger partial charge is 0.162 e. The molecule has 1 saturated heterocycles. The van der Waals surface area contributed by atoms with E-state index in [1.165, 1.54) is 72.2 Å². The molecule has 0 saturated carbocycles. The van der Waals surface area contributed by atoms with E-state index in [1.54, 1.807) is 0 Å². The lowest BCUT2D eigenvalue weighted by Crippen LogP contribution is -2.33. The number of nitrogens with zero attached hydrogens (tertiary/aromatic N) is 2. The summed E-state index contributed by atoms with van der Waals surface area (Å²) in [5.74, 6) is 1.07. The predicted molar refractivity (Wildman–Crippen MR) is 171 cm³/mol. The molecule has 218 valence electrons. The Labute approximate surface area is 249 Å². The van der Waals surface area contributed by atoms with Crippen molar-refractivity contribution >= 4 is 5.78 Å². The molecule has 0 bridgehead atoms. The Balaban J connectivity index is 1.07. The van der Waals surface area contributed by atoms with Crippen LogP contribution in [0.1, 0.15) is 103 Å². The third-order valence-electron chi connectivity index (χ3n) is 9.45. The minimum Gasteiger partial charge on any atom is -0.299 e. The van der Waals surface area contributed by atoms with E-state index in [2.05, 4.69) is 104 Å². The fraction of sp³-hybridized carbons (Fsp3) is 0.500. The molecule has 3 nitrogen and oxygen atoms in total. The molecular formula is C38H50N2O. The van der Waals surface area contributed by atoms with E-state index in [1.807, 2.05) is 0 Å². The monoisotopic (exact) mass is 550 g/mol. The standard InChI is InChI=1S/C38H50N2O/c1-29-9-5-6-11-34(29)27-40-22-8-12-32-16-17-33(25-35(32)28-40)37(41)13-7-10-30-20-23-39(24-21-30)26-31-14-18-36(19-15-31)38(2,3)4/h5-6,9,11,14-19,25,30H,7-8,10,12-13,20-24,26-28H2,1-4H3. The first-order chi connectivity index (χ1) is 19.7. The van der Waals surface area contributed by atoms with Gasteiger partial charge in [-0.2, -0.15) is 0 Å². The van der Waals surface area contributed by atoms with E-state index in [-0.39, 0.29) is 5.41 Å². The van der Waals surface area contributed by atoms with Crippen molar-refractivity contribution in [3.05, 3.63) is 106 Å². The van der Waals surface area contributed by atoms with E-state index in [9.17, 15) is 4.79 Å². The molecular weight excluding hydrogens is 500 g/mol. The summed E-state index contributed by atoms with van der Waals surface area (Å²) in [4.78, 5) is 18.3. The van der Waals surface area contributed by atoms with Crippen molar-refractivity contribution in [3.63, 3.8) is 0 Å². The Morgan fingerprint density at radius 3 is 2.34 bits per heavy atom. The van der Waals surface area contributed by atoms with Crippen molar-refractivity contribution in [3.8, 4) is 0 Å². The Morgan fingerprint density at radius 2 is 1.61 bits per heavy atom. The third kappa shape index (κ3) is 8.17. The van der Waals surface area contributed by atoms with Crippen LogP contribution in [0.3, 0.4) is 0 Å². The normalized spacial score (nSPS) is 17.3. The first-order valence-electron chi connectivity index (χ1n) is 16.0. The van der Waals surface area contributed by atoms with Crippen LogP contribution in [0.2, 0.25) is 0 Å². The minimum atomic E-state index is 0.209. The highest BCUT2D eigenvalue weighted by molar-refractivity contribution is 5.96. The van der Waals surface area contributed by atoms with Gasteiger partial charge in [-0.15, -0.1) is 0 Å². The first-order valence-corrected chi connectivity index (χ1v) is 16.0. The molecule has 0 radical (unpaired) electrons. The number of rotatable bonds is 9. The quantitative estimate of drug-likeness (QED) is 0.250. The molecule has 0 spiro atoms. The zero-order valence-electron chi connectivity index (χ0n) is 25.9. The average Bonchev–Trinajstić information content (AvgIpc) is 3.16. The molecule has 0 unspecified atom stereocenters. The maximum absolute atomic E-state index is 13.2. The number of piperidine rings is 1. The van der Waals surface area contributed by atoms with Gasteiger partial charge >= 0.3 is 0 Å². The van der Waals surface area contributed by atoms with E-state index < -0.39 is 0 Å². The second-order valence-electron chi connectivity index (χ2n) is 13.7. The second kappa shape index (κ2) is 13.5. The van der Waals surface area contributed by atoms with Crippen molar-refractivity contribution in [1.82, 2.24) is 9.80 Å². The molecule has 0 aromatic heterocycles. The maximum Gasteiger partial charge on any atom is 0.162 e. The van der Waals surface area contributed by atoms with Crippen molar-refractivity contribution < 1.29 is 4.79 Å². The highest BCUT2D eigenvalue weighted by Gasteiger charge is 2.21. The summed E-state index contributed by atoms with van der Waals surface area (Å²) in [5.41, 5.74) is 9.48. The molecule has 0 N–H and O–H groups in total. The van der Waals surface area contributed by atoms with Gasteiger partial charge < -0.3 is 0 Å². The molecule has 0 atom stereocenters. The zero-order chi connectivity index (χ0) is 28.8. The van der Waals surface area contributed by atoms with E-state index in [0.29, 0.717) is 12.2 Å². The fourth-order valence-electron chi connectivity index (χ4n) is 6.66. The number of fused-ring (bicyclic) bond motifs is 1. The molecule has 0 aliphatic carbocycles. The Bertz CT molecular complexity index is 1290. The van der Waals surface area contributed by atoms with Crippen molar-refractivity contribution in [2.75, 3.05) is 19.6 Å². The summed E-state index contributed by atoms with van der Waals surface area (Å²) in [6.07, 6.45) is 7.65. The lowest BCUT2D eigenvalue weighted by atomic mass is 9.86. The van der Waals surface area contributed by atoms with Gasteiger partial charge in [0.05, 0.1) is 0 Å². The molecule has 41 heavy (non-hydrogen) atoms. The zero-order valence-corrected chi connectivity index (χ0v) is 25.9. The maximum atomic E-state index is 13.2. The van der Waals surface area contributed by atoms with Crippen LogP contribution >= 0.6 is 0 Å². The summed E-state index contributed by atoms with van der Waals surface area (Å²) in [6, 6.07) is 24.4. The molecule has 0 amide bonds. The van der Waals surface area contributed by atoms with Gasteiger partial charge in [0.25, 0.3) is 0 Å². The Kier molecular flexibility index (Phi) is 9.78. The topological polar surface area (TPSA) is 23.6 Å². The molecule has 5 rings (SSSR count). The van der Waals surface area contributed by atoms with Gasteiger partial charge in [0, 0.05) is 31.6 Å².